The Labute approximate surface area is 334 Å². The van der Waals surface area contributed by atoms with Crippen molar-refractivity contribution in [3.63, 3.8) is 0 Å². The molecular formula is C54H39NOSi. The monoisotopic (exact) mass is 745 g/mol. The Balaban J connectivity index is 1.05. The van der Waals surface area contributed by atoms with Crippen molar-refractivity contribution in [2.45, 2.75) is 0 Å². The van der Waals surface area contributed by atoms with Gasteiger partial charge in [0.2, 0.25) is 0 Å². The fourth-order valence-electron chi connectivity index (χ4n) is 8.51. The molecule has 10 aromatic rings. The lowest BCUT2D eigenvalue weighted by Gasteiger charge is -2.34. The molecular weight excluding hydrogens is 707 g/mol. The van der Waals surface area contributed by atoms with Crippen LogP contribution in [0.4, 0.5) is 17.1 Å². The predicted molar refractivity (Wildman–Crippen MR) is 243 cm³/mol. The SMILES string of the molecule is c1ccc(-c2ccc(N(c3ccc(-c4ccc([Si](c5ccccc5)(c5ccccc5)c5ccccc5)cc4)cc3)c3ccc4oc5ccccc5c4c3)cc2)cc1. The Morgan fingerprint density at radius 3 is 1.16 bits per heavy atom. The highest BCUT2D eigenvalue weighted by atomic mass is 28.3. The van der Waals surface area contributed by atoms with Crippen LogP contribution in [0.3, 0.4) is 0 Å². The Hall–Kier alpha value is -7.20. The van der Waals surface area contributed by atoms with Crippen LogP contribution in [0.2, 0.25) is 0 Å². The second-order valence-electron chi connectivity index (χ2n) is 14.5. The third-order valence-electron chi connectivity index (χ3n) is 11.2. The number of hydrogen-bond acceptors (Lipinski definition) is 2. The van der Waals surface area contributed by atoms with E-state index >= 15 is 0 Å². The topological polar surface area (TPSA) is 16.4 Å². The summed E-state index contributed by atoms with van der Waals surface area (Å²) in [5.74, 6) is 0. The molecule has 270 valence electrons. The summed E-state index contributed by atoms with van der Waals surface area (Å²) in [6, 6.07) is 85.8. The molecule has 0 fully saturated rings. The van der Waals surface area contributed by atoms with E-state index in [-0.39, 0.29) is 0 Å². The molecule has 57 heavy (non-hydrogen) atoms. The van der Waals surface area contributed by atoms with Gasteiger partial charge >= 0.3 is 0 Å². The summed E-state index contributed by atoms with van der Waals surface area (Å²) in [4.78, 5) is 2.34. The molecule has 0 aliphatic heterocycles. The molecule has 2 nitrogen and oxygen atoms in total. The molecule has 0 saturated carbocycles. The van der Waals surface area contributed by atoms with Crippen LogP contribution in [0.15, 0.2) is 241 Å². The summed E-state index contributed by atoms with van der Waals surface area (Å²) >= 11 is 0. The molecule has 0 N–H and O–H groups in total. The zero-order chi connectivity index (χ0) is 38.0. The van der Waals surface area contributed by atoms with Crippen LogP contribution in [-0.4, -0.2) is 8.07 Å². The summed E-state index contributed by atoms with van der Waals surface area (Å²) in [6.07, 6.45) is 0. The van der Waals surface area contributed by atoms with Gasteiger partial charge in [-0.25, -0.2) is 0 Å². The van der Waals surface area contributed by atoms with Crippen molar-refractivity contribution in [1.82, 2.24) is 0 Å². The third kappa shape index (κ3) is 6.25. The van der Waals surface area contributed by atoms with E-state index in [9.17, 15) is 0 Å². The maximum absolute atomic E-state index is 6.22. The number of hydrogen-bond donors (Lipinski definition) is 0. The van der Waals surface area contributed by atoms with E-state index in [2.05, 4.69) is 229 Å². The van der Waals surface area contributed by atoms with Crippen molar-refractivity contribution in [3.8, 4) is 22.3 Å². The van der Waals surface area contributed by atoms with Gasteiger partial charge in [-0.05, 0) is 91.5 Å². The highest BCUT2D eigenvalue weighted by Gasteiger charge is 2.41. The molecule has 0 radical (unpaired) electrons. The number of para-hydroxylation sites is 1. The number of nitrogens with zero attached hydrogens (tertiary/aromatic N) is 1. The quantitative estimate of drug-likeness (QED) is 0.108. The summed E-state index contributed by atoms with van der Waals surface area (Å²) in [5.41, 5.74) is 9.78. The van der Waals surface area contributed by atoms with Crippen LogP contribution in [0.1, 0.15) is 0 Å². The van der Waals surface area contributed by atoms with E-state index in [1.54, 1.807) is 0 Å². The summed E-state index contributed by atoms with van der Waals surface area (Å²) in [7, 11) is -2.59. The van der Waals surface area contributed by atoms with Gasteiger partial charge in [0, 0.05) is 27.8 Å². The lowest BCUT2D eigenvalue weighted by Crippen LogP contribution is -2.74. The third-order valence-corrected chi connectivity index (χ3v) is 16.0. The molecule has 0 atom stereocenters. The zero-order valence-electron chi connectivity index (χ0n) is 31.4. The van der Waals surface area contributed by atoms with Crippen LogP contribution in [0.5, 0.6) is 0 Å². The molecule has 10 rings (SSSR count). The Bertz CT molecular complexity index is 2810. The van der Waals surface area contributed by atoms with Crippen molar-refractivity contribution < 1.29 is 4.42 Å². The highest BCUT2D eigenvalue weighted by Crippen LogP contribution is 2.40. The summed E-state index contributed by atoms with van der Waals surface area (Å²) in [5, 5.41) is 7.70. The first-order valence-electron chi connectivity index (χ1n) is 19.5. The molecule has 0 amide bonds. The van der Waals surface area contributed by atoms with Crippen molar-refractivity contribution in [2.75, 3.05) is 4.90 Å². The van der Waals surface area contributed by atoms with Crippen LogP contribution in [0.25, 0.3) is 44.2 Å². The molecule has 9 aromatic carbocycles. The average Bonchev–Trinajstić information content (AvgIpc) is 3.67. The van der Waals surface area contributed by atoms with Gasteiger partial charge < -0.3 is 9.32 Å². The summed E-state index contributed by atoms with van der Waals surface area (Å²) in [6.45, 7) is 0. The second kappa shape index (κ2) is 14.8. The standard InChI is InChI=1S/C54H39NOSi/c1-5-15-40(16-6-1)41-25-31-44(32-26-41)55(46-35-38-54-52(39-46)51-23-13-14-24-53(51)56-54)45-33-27-42(28-34-45)43-29-36-50(37-30-43)57(47-17-7-2-8-18-47,48-19-9-3-10-20-48)49-21-11-4-12-22-49/h1-39H. The van der Waals surface area contributed by atoms with E-state index in [4.69, 9.17) is 4.42 Å². The molecule has 0 aliphatic carbocycles. The van der Waals surface area contributed by atoms with E-state index in [0.29, 0.717) is 0 Å². The predicted octanol–water partition coefficient (Wildman–Crippen LogP) is 11.8. The first-order chi connectivity index (χ1) is 28.3. The second-order valence-corrected chi connectivity index (χ2v) is 18.3. The Morgan fingerprint density at radius 2 is 0.649 bits per heavy atom. The minimum absolute atomic E-state index is 0.886. The minimum atomic E-state index is -2.59. The van der Waals surface area contributed by atoms with Gasteiger partial charge in [0.1, 0.15) is 11.2 Å². The van der Waals surface area contributed by atoms with Crippen LogP contribution >= 0.6 is 0 Å². The zero-order valence-corrected chi connectivity index (χ0v) is 32.4. The van der Waals surface area contributed by atoms with Gasteiger partial charge in [-0.2, -0.15) is 0 Å². The molecule has 0 spiro atoms. The molecule has 0 bridgehead atoms. The summed E-state index contributed by atoms with van der Waals surface area (Å²) < 4.78 is 6.22. The van der Waals surface area contributed by atoms with Gasteiger partial charge in [0.15, 0.2) is 8.07 Å². The van der Waals surface area contributed by atoms with Crippen LogP contribution in [0, 0.1) is 0 Å². The maximum Gasteiger partial charge on any atom is 0.179 e. The molecule has 1 aromatic heterocycles. The van der Waals surface area contributed by atoms with Crippen molar-refractivity contribution in [2.24, 2.45) is 0 Å². The van der Waals surface area contributed by atoms with Gasteiger partial charge in [-0.3, -0.25) is 0 Å². The fraction of sp³-hybridized carbons (Fsp3) is 0. The number of fused-ring (bicyclic) bond motifs is 3. The van der Waals surface area contributed by atoms with Crippen LogP contribution < -0.4 is 25.6 Å². The highest BCUT2D eigenvalue weighted by molar-refractivity contribution is 7.19. The number of benzene rings is 9. The molecule has 0 unspecified atom stereocenters. The van der Waals surface area contributed by atoms with E-state index in [0.717, 1.165) is 39.0 Å². The molecule has 0 saturated heterocycles. The molecule has 3 heteroatoms. The fourth-order valence-corrected chi connectivity index (χ4v) is 13.3. The Morgan fingerprint density at radius 1 is 0.281 bits per heavy atom. The van der Waals surface area contributed by atoms with Gasteiger partial charge in [0.25, 0.3) is 0 Å². The first-order valence-corrected chi connectivity index (χ1v) is 21.5. The van der Waals surface area contributed by atoms with E-state index in [1.807, 2.05) is 12.1 Å². The number of rotatable bonds is 9. The largest absolute Gasteiger partial charge is 0.456 e. The average molecular weight is 746 g/mol. The molecule has 0 aliphatic rings. The van der Waals surface area contributed by atoms with Crippen molar-refractivity contribution in [3.05, 3.63) is 237 Å². The van der Waals surface area contributed by atoms with Gasteiger partial charge in [-0.1, -0.05) is 188 Å². The lowest BCUT2D eigenvalue weighted by atomic mass is 10.0. The molecule has 1 heterocycles. The lowest BCUT2D eigenvalue weighted by molar-refractivity contribution is 0.669. The normalized spacial score (nSPS) is 11.5. The minimum Gasteiger partial charge on any atom is -0.456 e. The first kappa shape index (κ1) is 34.3. The van der Waals surface area contributed by atoms with Crippen LogP contribution in [-0.2, 0) is 0 Å². The van der Waals surface area contributed by atoms with E-state index in [1.165, 1.54) is 43.0 Å². The van der Waals surface area contributed by atoms with Crippen molar-refractivity contribution in [1.29, 1.82) is 0 Å². The van der Waals surface area contributed by atoms with Gasteiger partial charge in [-0.15, -0.1) is 0 Å². The Kier molecular flexibility index (Phi) is 8.90. The number of furan rings is 1. The van der Waals surface area contributed by atoms with Crippen molar-refractivity contribution >= 4 is 67.8 Å². The van der Waals surface area contributed by atoms with Gasteiger partial charge in [0.05, 0.1) is 0 Å². The smallest absolute Gasteiger partial charge is 0.179 e. The van der Waals surface area contributed by atoms with E-state index < -0.39 is 8.07 Å². The number of anilines is 3. The maximum atomic E-state index is 6.22.